The van der Waals surface area contributed by atoms with Crippen LogP contribution in [0.1, 0.15) is 24.3 Å². The fourth-order valence-electron chi connectivity index (χ4n) is 1.46. The molecule has 0 bridgehead atoms. The lowest BCUT2D eigenvalue weighted by Gasteiger charge is -2.14. The Kier molecular flexibility index (Phi) is 4.10. The molecule has 0 aromatic carbocycles. The molecule has 1 aromatic heterocycles. The number of pyridine rings is 1. The molecular formula is C11H14N2O3. The SMILES string of the molecule is CC(C)[C@@H](C[N+](=O)[O-])C(=O)c1ccccn1. The van der Waals surface area contributed by atoms with Crippen LogP contribution in [0.5, 0.6) is 0 Å². The predicted octanol–water partition coefficient (Wildman–Crippen LogP) is 1.81. The number of ketones is 1. The Labute approximate surface area is 93.7 Å². The van der Waals surface area contributed by atoms with Crippen LogP contribution in [0, 0.1) is 22.0 Å². The van der Waals surface area contributed by atoms with Crippen molar-refractivity contribution in [2.45, 2.75) is 13.8 Å². The monoisotopic (exact) mass is 222 g/mol. The van der Waals surface area contributed by atoms with Crippen LogP contribution in [-0.4, -0.2) is 22.2 Å². The zero-order chi connectivity index (χ0) is 12.1. The third-order valence-corrected chi connectivity index (χ3v) is 2.40. The van der Waals surface area contributed by atoms with E-state index >= 15 is 0 Å². The fraction of sp³-hybridized carbons (Fsp3) is 0.455. The normalized spacial score (nSPS) is 12.4. The lowest BCUT2D eigenvalue weighted by atomic mass is 9.90. The van der Waals surface area contributed by atoms with Crippen LogP contribution in [0.3, 0.4) is 0 Å². The second-order valence-corrected chi connectivity index (χ2v) is 3.95. The van der Waals surface area contributed by atoms with Crippen molar-refractivity contribution in [2.24, 2.45) is 11.8 Å². The average molecular weight is 222 g/mol. The Balaban J connectivity index is 2.88. The van der Waals surface area contributed by atoms with Crippen molar-refractivity contribution >= 4 is 5.78 Å². The molecule has 0 N–H and O–H groups in total. The highest BCUT2D eigenvalue weighted by atomic mass is 16.6. The largest absolute Gasteiger partial charge is 0.292 e. The summed E-state index contributed by atoms with van der Waals surface area (Å²) in [6, 6.07) is 4.98. The molecule has 1 aromatic rings. The van der Waals surface area contributed by atoms with Gasteiger partial charge in [-0.3, -0.25) is 19.9 Å². The second kappa shape index (κ2) is 5.34. The third kappa shape index (κ3) is 3.12. The zero-order valence-corrected chi connectivity index (χ0v) is 9.29. The molecule has 86 valence electrons. The van der Waals surface area contributed by atoms with Gasteiger partial charge in [-0.05, 0) is 18.1 Å². The van der Waals surface area contributed by atoms with Crippen LogP contribution in [0.25, 0.3) is 0 Å². The predicted molar refractivity (Wildman–Crippen MR) is 58.8 cm³/mol. The summed E-state index contributed by atoms with van der Waals surface area (Å²) in [6.07, 6.45) is 1.51. The van der Waals surface area contributed by atoms with Gasteiger partial charge in [-0.25, -0.2) is 0 Å². The van der Waals surface area contributed by atoms with E-state index in [1.807, 2.05) is 0 Å². The summed E-state index contributed by atoms with van der Waals surface area (Å²) in [7, 11) is 0. The fourth-order valence-corrected chi connectivity index (χ4v) is 1.46. The first-order valence-electron chi connectivity index (χ1n) is 5.09. The van der Waals surface area contributed by atoms with E-state index in [2.05, 4.69) is 4.98 Å². The molecule has 0 saturated heterocycles. The van der Waals surface area contributed by atoms with Crippen LogP contribution >= 0.6 is 0 Å². The number of hydrogen-bond donors (Lipinski definition) is 0. The standard InChI is InChI=1S/C11H14N2O3/c1-8(2)9(7-13(15)16)11(14)10-5-3-4-6-12-10/h3-6,8-9H,7H2,1-2H3/t9-/m1/s1. The topological polar surface area (TPSA) is 73.1 Å². The Morgan fingerprint density at radius 1 is 1.50 bits per heavy atom. The maximum atomic E-state index is 12.0. The molecule has 5 nitrogen and oxygen atoms in total. The summed E-state index contributed by atoms with van der Waals surface area (Å²) in [5, 5.41) is 10.5. The quantitative estimate of drug-likeness (QED) is 0.432. The number of carbonyl (C=O) groups excluding carboxylic acids is 1. The molecule has 0 saturated carbocycles. The minimum absolute atomic E-state index is 0.0695. The van der Waals surface area contributed by atoms with Crippen LogP contribution in [-0.2, 0) is 0 Å². The lowest BCUT2D eigenvalue weighted by Crippen LogP contribution is -2.28. The van der Waals surface area contributed by atoms with E-state index in [0.717, 1.165) is 0 Å². The van der Waals surface area contributed by atoms with Crippen LogP contribution in [0.4, 0.5) is 0 Å². The van der Waals surface area contributed by atoms with E-state index < -0.39 is 10.8 Å². The highest BCUT2D eigenvalue weighted by Gasteiger charge is 2.28. The van der Waals surface area contributed by atoms with Gasteiger partial charge in [0.25, 0.3) is 0 Å². The van der Waals surface area contributed by atoms with E-state index in [1.54, 1.807) is 32.0 Å². The van der Waals surface area contributed by atoms with Crippen molar-refractivity contribution in [3.63, 3.8) is 0 Å². The van der Waals surface area contributed by atoms with Crippen molar-refractivity contribution < 1.29 is 9.72 Å². The van der Waals surface area contributed by atoms with Gasteiger partial charge >= 0.3 is 0 Å². The molecule has 1 atom stereocenters. The summed E-state index contributed by atoms with van der Waals surface area (Å²) < 4.78 is 0. The average Bonchev–Trinajstić information content (AvgIpc) is 2.25. The molecule has 1 rings (SSSR count). The first kappa shape index (κ1) is 12.3. The molecular weight excluding hydrogens is 208 g/mol. The number of nitrogens with zero attached hydrogens (tertiary/aromatic N) is 2. The van der Waals surface area contributed by atoms with Gasteiger partial charge in [0.15, 0.2) is 5.78 Å². The van der Waals surface area contributed by atoms with Crippen molar-refractivity contribution in [2.75, 3.05) is 6.54 Å². The van der Waals surface area contributed by atoms with Gasteiger partial charge in [0, 0.05) is 11.1 Å². The van der Waals surface area contributed by atoms with Crippen molar-refractivity contribution in [3.8, 4) is 0 Å². The highest BCUT2D eigenvalue weighted by Crippen LogP contribution is 2.16. The molecule has 0 aliphatic heterocycles. The number of hydrogen-bond acceptors (Lipinski definition) is 4. The smallest absolute Gasteiger partial charge is 0.214 e. The first-order chi connectivity index (χ1) is 7.52. The number of aromatic nitrogens is 1. The summed E-state index contributed by atoms with van der Waals surface area (Å²) in [4.78, 5) is 25.9. The molecule has 0 amide bonds. The zero-order valence-electron chi connectivity index (χ0n) is 9.29. The van der Waals surface area contributed by atoms with E-state index in [-0.39, 0.29) is 18.2 Å². The van der Waals surface area contributed by atoms with Crippen LogP contribution in [0.2, 0.25) is 0 Å². The maximum Gasteiger partial charge on any atom is 0.214 e. The molecule has 16 heavy (non-hydrogen) atoms. The molecule has 1 heterocycles. The molecule has 5 heteroatoms. The molecule has 0 radical (unpaired) electrons. The van der Waals surface area contributed by atoms with E-state index in [4.69, 9.17) is 0 Å². The van der Waals surface area contributed by atoms with E-state index in [0.29, 0.717) is 5.69 Å². The number of rotatable bonds is 5. The molecule has 0 aliphatic carbocycles. The van der Waals surface area contributed by atoms with Gasteiger partial charge in [0.1, 0.15) is 5.69 Å². The van der Waals surface area contributed by atoms with Gasteiger partial charge in [-0.1, -0.05) is 19.9 Å². The van der Waals surface area contributed by atoms with Crippen molar-refractivity contribution in [1.29, 1.82) is 0 Å². The van der Waals surface area contributed by atoms with Gasteiger partial charge in [0.05, 0.1) is 5.92 Å². The Morgan fingerprint density at radius 3 is 2.62 bits per heavy atom. The molecule has 0 unspecified atom stereocenters. The summed E-state index contributed by atoms with van der Waals surface area (Å²) in [6.45, 7) is 3.26. The van der Waals surface area contributed by atoms with Gasteiger partial charge < -0.3 is 0 Å². The summed E-state index contributed by atoms with van der Waals surface area (Å²) in [5.41, 5.74) is 0.294. The van der Waals surface area contributed by atoms with E-state index in [9.17, 15) is 14.9 Å². The molecule has 0 fully saturated rings. The van der Waals surface area contributed by atoms with Gasteiger partial charge in [-0.2, -0.15) is 0 Å². The molecule has 0 spiro atoms. The van der Waals surface area contributed by atoms with Gasteiger partial charge in [0.2, 0.25) is 6.54 Å². The van der Waals surface area contributed by atoms with Crippen molar-refractivity contribution in [3.05, 3.63) is 40.2 Å². The molecule has 0 aliphatic rings. The van der Waals surface area contributed by atoms with Crippen LogP contribution < -0.4 is 0 Å². The Hall–Kier alpha value is -1.78. The third-order valence-electron chi connectivity index (χ3n) is 2.40. The Morgan fingerprint density at radius 2 is 2.19 bits per heavy atom. The number of carbonyl (C=O) groups is 1. The Bertz CT molecular complexity index is 376. The van der Waals surface area contributed by atoms with E-state index in [1.165, 1.54) is 6.20 Å². The van der Waals surface area contributed by atoms with Crippen LogP contribution in [0.15, 0.2) is 24.4 Å². The summed E-state index contributed by atoms with van der Waals surface area (Å²) >= 11 is 0. The number of Topliss-reactive ketones (excluding diaryl/α,β-unsaturated/α-hetero) is 1. The minimum Gasteiger partial charge on any atom is -0.292 e. The van der Waals surface area contributed by atoms with Gasteiger partial charge in [-0.15, -0.1) is 0 Å². The second-order valence-electron chi connectivity index (χ2n) is 3.95. The first-order valence-corrected chi connectivity index (χ1v) is 5.09. The lowest BCUT2D eigenvalue weighted by molar-refractivity contribution is -0.486. The summed E-state index contributed by atoms with van der Waals surface area (Å²) in [5.74, 6) is -0.933. The van der Waals surface area contributed by atoms with Crippen molar-refractivity contribution in [1.82, 2.24) is 4.98 Å². The highest BCUT2D eigenvalue weighted by molar-refractivity contribution is 5.96. The minimum atomic E-state index is -0.607. The maximum absolute atomic E-state index is 12.0. The number of nitro groups is 1.